The standard InChI is InChI=1S/C25H35N5O9S2/c1-23(2,3)38-15(32)8-37-29-16(14-9-40-22(27-14)26-13-31)18(33)28-17-19(34)30-10-25(11-36-7,12-41-20(17)30)21(35)39-24(4,5)6/h9,13,17,20H,8,10-12H2,1-7H3,(H,28,33)(H,26,27,31)/t17?,20-,25?/m1/s1. The number of anilines is 1. The Kier molecular flexibility index (Phi) is 10.0. The van der Waals surface area contributed by atoms with E-state index >= 15 is 0 Å². The van der Waals surface area contributed by atoms with E-state index in [1.54, 1.807) is 41.5 Å². The lowest BCUT2D eigenvalue weighted by Crippen LogP contribution is -2.74. The molecular formula is C25H35N5O9S2. The SMILES string of the molecule is COCC1(C(=O)OC(C)(C)C)CS[C@@H]2C(NC(=O)C(=NOCC(=O)OC(C)(C)C)c3csc(NC=O)n3)C(=O)N2C1. The number of hydrogen-bond acceptors (Lipinski definition) is 13. The number of hydrogen-bond donors (Lipinski definition) is 2. The van der Waals surface area contributed by atoms with Crippen molar-refractivity contribution in [3.8, 4) is 0 Å². The molecule has 2 unspecified atom stereocenters. The number of nitrogens with one attached hydrogen (secondary N) is 2. The van der Waals surface area contributed by atoms with Crippen molar-refractivity contribution in [3.05, 3.63) is 11.1 Å². The first-order chi connectivity index (χ1) is 19.1. The van der Waals surface area contributed by atoms with E-state index in [4.69, 9.17) is 19.0 Å². The Morgan fingerprint density at radius 3 is 2.49 bits per heavy atom. The van der Waals surface area contributed by atoms with Gasteiger partial charge in [-0.1, -0.05) is 5.16 Å². The number of oxime groups is 1. The van der Waals surface area contributed by atoms with Gasteiger partial charge >= 0.3 is 11.9 Å². The first-order valence-electron chi connectivity index (χ1n) is 12.6. The van der Waals surface area contributed by atoms with Crippen LogP contribution in [0.4, 0.5) is 5.13 Å². The van der Waals surface area contributed by atoms with Crippen molar-refractivity contribution in [2.45, 2.75) is 64.2 Å². The van der Waals surface area contributed by atoms with Crippen molar-refractivity contribution < 1.29 is 43.0 Å². The van der Waals surface area contributed by atoms with E-state index in [0.29, 0.717) is 12.2 Å². The second-order valence-electron chi connectivity index (χ2n) is 11.4. The number of esters is 2. The number of ether oxygens (including phenoxy) is 3. The van der Waals surface area contributed by atoms with Crippen LogP contribution in [0.25, 0.3) is 0 Å². The maximum absolute atomic E-state index is 13.3. The Bertz CT molecular complexity index is 1210. The zero-order valence-corrected chi connectivity index (χ0v) is 25.6. The van der Waals surface area contributed by atoms with Crippen LogP contribution in [0.15, 0.2) is 10.5 Å². The van der Waals surface area contributed by atoms with Crippen LogP contribution in [-0.4, -0.2) is 101 Å². The van der Waals surface area contributed by atoms with Crippen molar-refractivity contribution >= 4 is 64.1 Å². The van der Waals surface area contributed by atoms with Gasteiger partial charge in [0.05, 0.1) is 6.61 Å². The number of thioether (sulfide) groups is 1. The molecule has 16 heteroatoms. The Morgan fingerprint density at radius 2 is 1.88 bits per heavy atom. The van der Waals surface area contributed by atoms with E-state index < -0.39 is 58.4 Å². The van der Waals surface area contributed by atoms with Gasteiger partial charge in [-0.3, -0.25) is 19.2 Å². The Balaban J connectivity index is 1.74. The lowest BCUT2D eigenvalue weighted by molar-refractivity contribution is -0.175. The van der Waals surface area contributed by atoms with Gasteiger partial charge in [-0.15, -0.1) is 23.1 Å². The topological polar surface area (TPSA) is 175 Å². The predicted molar refractivity (Wildman–Crippen MR) is 150 cm³/mol. The van der Waals surface area contributed by atoms with Gasteiger partial charge in [0.25, 0.3) is 5.91 Å². The molecule has 2 fully saturated rings. The number of carbonyl (C=O) groups is 5. The quantitative estimate of drug-likeness (QED) is 0.120. The van der Waals surface area contributed by atoms with E-state index in [1.165, 1.54) is 29.2 Å². The number of rotatable bonds is 11. The second-order valence-corrected chi connectivity index (χ2v) is 13.4. The summed E-state index contributed by atoms with van der Waals surface area (Å²) in [5.41, 5.74) is -2.76. The van der Waals surface area contributed by atoms with Crippen LogP contribution in [-0.2, 0) is 43.0 Å². The number of nitrogens with zero attached hydrogens (tertiary/aromatic N) is 3. The van der Waals surface area contributed by atoms with Gasteiger partial charge < -0.3 is 34.6 Å². The first-order valence-corrected chi connectivity index (χ1v) is 14.6. The fourth-order valence-electron chi connectivity index (χ4n) is 3.99. The van der Waals surface area contributed by atoms with Crippen LogP contribution in [0.5, 0.6) is 0 Å². The maximum atomic E-state index is 13.3. The number of fused-ring (bicyclic) bond motifs is 1. The average Bonchev–Trinajstić information content (AvgIpc) is 3.31. The third-order valence-electron chi connectivity index (χ3n) is 5.59. The van der Waals surface area contributed by atoms with Gasteiger partial charge in [-0.2, -0.15) is 0 Å². The van der Waals surface area contributed by atoms with Gasteiger partial charge in [0.15, 0.2) is 10.8 Å². The van der Waals surface area contributed by atoms with Crippen molar-refractivity contribution in [1.82, 2.24) is 15.2 Å². The molecule has 2 N–H and O–H groups in total. The number of aromatic nitrogens is 1. The summed E-state index contributed by atoms with van der Waals surface area (Å²) < 4.78 is 16.1. The highest BCUT2D eigenvalue weighted by atomic mass is 32.2. The third-order valence-corrected chi connectivity index (χ3v) is 7.95. The fourth-order valence-corrected chi connectivity index (χ4v) is 6.17. The lowest BCUT2D eigenvalue weighted by atomic mass is 9.87. The number of carbonyl (C=O) groups excluding carboxylic acids is 5. The highest BCUT2D eigenvalue weighted by Gasteiger charge is 2.58. The minimum atomic E-state index is -1.06. The molecule has 0 radical (unpaired) electrons. The number of β-lactam (4-membered cyclic amide) rings is 1. The zero-order valence-electron chi connectivity index (χ0n) is 24.0. The molecular weight excluding hydrogens is 578 g/mol. The average molecular weight is 614 g/mol. The third kappa shape index (κ3) is 8.16. The van der Waals surface area contributed by atoms with E-state index in [0.717, 1.165) is 11.3 Å². The molecule has 3 atom stereocenters. The Hall–Kier alpha value is -3.24. The van der Waals surface area contributed by atoms with Crippen LogP contribution >= 0.6 is 23.1 Å². The van der Waals surface area contributed by atoms with Gasteiger partial charge in [0, 0.05) is 24.8 Å². The van der Waals surface area contributed by atoms with Crippen molar-refractivity contribution in [3.63, 3.8) is 0 Å². The number of methoxy groups -OCH3 is 1. The fraction of sp³-hybridized carbons (Fsp3) is 0.640. The van der Waals surface area contributed by atoms with Gasteiger partial charge in [-0.25, -0.2) is 9.78 Å². The zero-order chi connectivity index (χ0) is 30.6. The van der Waals surface area contributed by atoms with Crippen LogP contribution in [0.2, 0.25) is 0 Å². The largest absolute Gasteiger partial charge is 0.459 e. The molecule has 3 heterocycles. The molecule has 0 saturated carbocycles. The summed E-state index contributed by atoms with van der Waals surface area (Å²) in [5.74, 6) is -2.02. The van der Waals surface area contributed by atoms with E-state index in [-0.39, 0.29) is 29.7 Å². The Morgan fingerprint density at radius 1 is 1.20 bits per heavy atom. The van der Waals surface area contributed by atoms with Crippen LogP contribution in [0, 0.1) is 5.41 Å². The molecule has 2 aliphatic rings. The summed E-state index contributed by atoms with van der Waals surface area (Å²) >= 11 is 2.37. The lowest BCUT2D eigenvalue weighted by Gasteiger charge is -2.54. The molecule has 41 heavy (non-hydrogen) atoms. The van der Waals surface area contributed by atoms with E-state index in [2.05, 4.69) is 20.8 Å². The first kappa shape index (κ1) is 32.3. The summed E-state index contributed by atoms with van der Waals surface area (Å²) in [5, 5.41) is 10.1. The second kappa shape index (κ2) is 12.7. The molecule has 14 nitrogen and oxygen atoms in total. The van der Waals surface area contributed by atoms with Crippen molar-refractivity contribution in [2.75, 3.05) is 37.9 Å². The highest BCUT2D eigenvalue weighted by Crippen LogP contribution is 2.43. The smallest absolute Gasteiger partial charge is 0.347 e. The predicted octanol–water partition coefficient (Wildman–Crippen LogP) is 1.15. The molecule has 0 aliphatic carbocycles. The van der Waals surface area contributed by atoms with Crippen LogP contribution in [0.3, 0.4) is 0 Å². The van der Waals surface area contributed by atoms with Gasteiger partial charge in [0.2, 0.25) is 18.9 Å². The minimum Gasteiger partial charge on any atom is -0.459 e. The molecule has 3 rings (SSSR count). The molecule has 0 aromatic carbocycles. The molecule has 3 amide bonds. The van der Waals surface area contributed by atoms with Gasteiger partial charge in [-0.05, 0) is 41.5 Å². The van der Waals surface area contributed by atoms with E-state index in [9.17, 15) is 24.0 Å². The molecule has 226 valence electrons. The summed E-state index contributed by atoms with van der Waals surface area (Å²) in [6, 6.07) is -0.908. The molecule has 2 aliphatic heterocycles. The maximum Gasteiger partial charge on any atom is 0.347 e. The van der Waals surface area contributed by atoms with Crippen LogP contribution in [0.1, 0.15) is 47.2 Å². The number of thiazole rings is 1. The van der Waals surface area contributed by atoms with E-state index in [1.807, 2.05) is 0 Å². The molecule has 1 aromatic heterocycles. The van der Waals surface area contributed by atoms with Crippen molar-refractivity contribution in [2.24, 2.45) is 10.6 Å². The number of amides is 3. The summed E-state index contributed by atoms with van der Waals surface area (Å²) in [4.78, 5) is 73.1. The summed E-state index contributed by atoms with van der Waals surface area (Å²) in [7, 11) is 1.48. The molecule has 2 saturated heterocycles. The highest BCUT2D eigenvalue weighted by molar-refractivity contribution is 8.00. The monoisotopic (exact) mass is 613 g/mol. The Labute approximate surface area is 245 Å². The van der Waals surface area contributed by atoms with Crippen LogP contribution < -0.4 is 10.6 Å². The molecule has 0 bridgehead atoms. The molecule has 1 aromatic rings. The van der Waals surface area contributed by atoms with Crippen molar-refractivity contribution in [1.29, 1.82) is 0 Å². The summed E-state index contributed by atoms with van der Waals surface area (Å²) in [6.45, 7) is 9.94. The van der Waals surface area contributed by atoms with Gasteiger partial charge in [0.1, 0.15) is 33.7 Å². The normalized spacial score (nSPS) is 22.7. The molecule has 0 spiro atoms. The summed E-state index contributed by atoms with van der Waals surface area (Å²) in [6.07, 6.45) is 0.432. The minimum absolute atomic E-state index is 0.0602.